The van der Waals surface area contributed by atoms with E-state index in [2.05, 4.69) is 15.4 Å². The number of imide groups is 1. The van der Waals surface area contributed by atoms with Crippen molar-refractivity contribution in [2.24, 2.45) is 0 Å². The molecule has 0 radical (unpaired) electrons. The molecule has 0 aliphatic carbocycles. The molecule has 0 saturated carbocycles. The van der Waals surface area contributed by atoms with Gasteiger partial charge in [-0.15, -0.1) is 0 Å². The number of carbonyl (C=O) groups excluding carboxylic acids is 2. The van der Waals surface area contributed by atoms with Crippen LogP contribution in [0.1, 0.15) is 19.8 Å². The van der Waals surface area contributed by atoms with Gasteiger partial charge in [-0.3, -0.25) is 15.0 Å². The zero-order valence-corrected chi connectivity index (χ0v) is 10.5. The molecule has 6 heteroatoms. The summed E-state index contributed by atoms with van der Waals surface area (Å²) in [4.78, 5) is 24.3. The van der Waals surface area contributed by atoms with E-state index in [-0.39, 0.29) is 12.5 Å². The first kappa shape index (κ1) is 13.9. The largest absolute Gasteiger partial charge is 0.453 e. The SMILES string of the molecule is CCN(CC(=O)NC(=O)OC)CC1CCCN1. The van der Waals surface area contributed by atoms with Gasteiger partial charge < -0.3 is 10.1 Å². The highest BCUT2D eigenvalue weighted by Gasteiger charge is 2.19. The number of amides is 2. The van der Waals surface area contributed by atoms with Crippen molar-refractivity contribution in [1.82, 2.24) is 15.5 Å². The number of ether oxygens (including phenoxy) is 1. The monoisotopic (exact) mass is 243 g/mol. The Morgan fingerprint density at radius 1 is 1.53 bits per heavy atom. The van der Waals surface area contributed by atoms with Crippen molar-refractivity contribution in [1.29, 1.82) is 0 Å². The Morgan fingerprint density at radius 2 is 2.29 bits per heavy atom. The molecule has 1 saturated heterocycles. The van der Waals surface area contributed by atoms with Crippen LogP contribution < -0.4 is 10.6 Å². The number of nitrogens with zero attached hydrogens (tertiary/aromatic N) is 1. The van der Waals surface area contributed by atoms with Crippen LogP contribution in [0.5, 0.6) is 0 Å². The number of hydrogen-bond donors (Lipinski definition) is 2. The van der Waals surface area contributed by atoms with Crippen LogP contribution in [-0.2, 0) is 9.53 Å². The fraction of sp³-hybridized carbons (Fsp3) is 0.818. The summed E-state index contributed by atoms with van der Waals surface area (Å²) in [5.74, 6) is -0.323. The maximum Gasteiger partial charge on any atom is 0.413 e. The third kappa shape index (κ3) is 5.14. The van der Waals surface area contributed by atoms with Gasteiger partial charge in [-0.05, 0) is 25.9 Å². The maximum atomic E-state index is 11.5. The van der Waals surface area contributed by atoms with Crippen LogP contribution >= 0.6 is 0 Å². The van der Waals surface area contributed by atoms with Crippen molar-refractivity contribution in [2.75, 3.05) is 33.3 Å². The highest BCUT2D eigenvalue weighted by molar-refractivity contribution is 5.92. The second kappa shape index (κ2) is 7.24. The van der Waals surface area contributed by atoms with Gasteiger partial charge in [0.15, 0.2) is 0 Å². The van der Waals surface area contributed by atoms with E-state index >= 15 is 0 Å². The van der Waals surface area contributed by atoms with E-state index < -0.39 is 6.09 Å². The Balaban J connectivity index is 2.29. The number of hydrogen-bond acceptors (Lipinski definition) is 5. The molecule has 2 N–H and O–H groups in total. The number of nitrogens with one attached hydrogen (secondary N) is 2. The third-order valence-electron chi connectivity index (χ3n) is 2.88. The molecule has 1 heterocycles. The van der Waals surface area contributed by atoms with Crippen molar-refractivity contribution >= 4 is 12.0 Å². The lowest BCUT2D eigenvalue weighted by Crippen LogP contribution is -2.44. The van der Waals surface area contributed by atoms with E-state index in [9.17, 15) is 9.59 Å². The van der Waals surface area contributed by atoms with Gasteiger partial charge in [-0.1, -0.05) is 6.92 Å². The number of methoxy groups -OCH3 is 1. The molecular weight excluding hydrogens is 222 g/mol. The zero-order valence-electron chi connectivity index (χ0n) is 10.5. The Morgan fingerprint density at radius 3 is 2.82 bits per heavy atom. The summed E-state index contributed by atoms with van der Waals surface area (Å²) in [6.07, 6.45) is 1.64. The minimum atomic E-state index is -0.704. The minimum absolute atomic E-state index is 0.226. The van der Waals surface area contributed by atoms with Crippen molar-refractivity contribution in [3.8, 4) is 0 Å². The van der Waals surface area contributed by atoms with Gasteiger partial charge >= 0.3 is 6.09 Å². The standard InChI is InChI=1S/C11H21N3O3/c1-3-14(7-9-5-4-6-12-9)8-10(15)13-11(16)17-2/h9,12H,3-8H2,1-2H3,(H,13,15,16). The second-order valence-electron chi connectivity index (χ2n) is 4.16. The van der Waals surface area contributed by atoms with E-state index in [0.29, 0.717) is 6.04 Å². The Kier molecular flexibility index (Phi) is 5.93. The molecule has 6 nitrogen and oxygen atoms in total. The average Bonchev–Trinajstić information content (AvgIpc) is 2.80. The number of carbonyl (C=O) groups is 2. The van der Waals surface area contributed by atoms with Crippen LogP contribution in [-0.4, -0.2) is 56.2 Å². The van der Waals surface area contributed by atoms with Gasteiger partial charge in [-0.25, -0.2) is 4.79 Å². The lowest BCUT2D eigenvalue weighted by atomic mass is 10.2. The normalized spacial score (nSPS) is 19.4. The Labute approximate surface area is 102 Å². The van der Waals surface area contributed by atoms with Crippen LogP contribution in [0.25, 0.3) is 0 Å². The summed E-state index contributed by atoms with van der Waals surface area (Å²) in [7, 11) is 1.24. The zero-order chi connectivity index (χ0) is 12.7. The van der Waals surface area contributed by atoms with E-state index in [1.807, 2.05) is 11.8 Å². The minimum Gasteiger partial charge on any atom is -0.453 e. The van der Waals surface area contributed by atoms with Crippen molar-refractivity contribution in [3.05, 3.63) is 0 Å². The van der Waals surface area contributed by atoms with Crippen LogP contribution in [0, 0.1) is 0 Å². The lowest BCUT2D eigenvalue weighted by Gasteiger charge is -2.23. The van der Waals surface area contributed by atoms with Gasteiger partial charge in [0, 0.05) is 12.6 Å². The van der Waals surface area contributed by atoms with Gasteiger partial charge in [0.1, 0.15) is 0 Å². The summed E-state index contributed by atoms with van der Waals surface area (Å²) in [6, 6.07) is 0.459. The van der Waals surface area contributed by atoms with Gasteiger partial charge in [0.2, 0.25) is 5.91 Å². The maximum absolute atomic E-state index is 11.5. The van der Waals surface area contributed by atoms with Crippen molar-refractivity contribution in [3.63, 3.8) is 0 Å². The van der Waals surface area contributed by atoms with Crippen LogP contribution in [0.2, 0.25) is 0 Å². The van der Waals surface area contributed by atoms with E-state index in [4.69, 9.17) is 0 Å². The van der Waals surface area contributed by atoms with Crippen LogP contribution in [0.15, 0.2) is 0 Å². The van der Waals surface area contributed by atoms with Gasteiger partial charge in [0.25, 0.3) is 0 Å². The van der Waals surface area contributed by atoms with Crippen molar-refractivity contribution < 1.29 is 14.3 Å². The summed E-state index contributed by atoms with van der Waals surface area (Å²) in [5.41, 5.74) is 0. The molecule has 0 aromatic rings. The summed E-state index contributed by atoms with van der Waals surface area (Å²) >= 11 is 0. The first-order valence-electron chi connectivity index (χ1n) is 5.99. The Bertz CT molecular complexity index is 265. The smallest absolute Gasteiger partial charge is 0.413 e. The molecule has 1 fully saturated rings. The predicted octanol–water partition coefficient (Wildman–Crippen LogP) is -0.0571. The highest BCUT2D eigenvalue weighted by atomic mass is 16.5. The molecule has 0 bridgehead atoms. The summed E-state index contributed by atoms with van der Waals surface area (Å²) in [6.45, 7) is 4.90. The lowest BCUT2D eigenvalue weighted by molar-refractivity contribution is -0.121. The molecule has 1 aliphatic rings. The molecule has 98 valence electrons. The van der Waals surface area contributed by atoms with Gasteiger partial charge in [0.05, 0.1) is 13.7 Å². The molecule has 0 aromatic heterocycles. The number of rotatable bonds is 5. The molecule has 1 aliphatic heterocycles. The second-order valence-corrected chi connectivity index (χ2v) is 4.16. The Hall–Kier alpha value is -1.14. The molecular formula is C11H21N3O3. The third-order valence-corrected chi connectivity index (χ3v) is 2.88. The fourth-order valence-corrected chi connectivity index (χ4v) is 1.94. The van der Waals surface area contributed by atoms with Crippen molar-refractivity contribution in [2.45, 2.75) is 25.8 Å². The molecule has 1 atom stereocenters. The summed E-state index contributed by atoms with van der Waals surface area (Å²) < 4.78 is 4.37. The van der Waals surface area contributed by atoms with Gasteiger partial charge in [-0.2, -0.15) is 0 Å². The number of likely N-dealkylation sites (N-methyl/N-ethyl adjacent to an activating group) is 1. The van der Waals surface area contributed by atoms with Crippen LogP contribution in [0.3, 0.4) is 0 Å². The highest BCUT2D eigenvalue weighted by Crippen LogP contribution is 2.06. The van der Waals surface area contributed by atoms with E-state index in [0.717, 1.165) is 26.1 Å². The quantitative estimate of drug-likeness (QED) is 0.708. The van der Waals surface area contributed by atoms with E-state index in [1.165, 1.54) is 13.5 Å². The molecule has 0 aromatic carbocycles. The fourth-order valence-electron chi connectivity index (χ4n) is 1.94. The molecule has 1 rings (SSSR count). The summed E-state index contributed by atoms with van der Waals surface area (Å²) in [5, 5.41) is 5.54. The molecule has 17 heavy (non-hydrogen) atoms. The predicted molar refractivity (Wildman–Crippen MR) is 63.7 cm³/mol. The topological polar surface area (TPSA) is 70.7 Å². The van der Waals surface area contributed by atoms with E-state index in [1.54, 1.807) is 0 Å². The number of alkyl carbamates (subject to hydrolysis) is 1. The first-order valence-corrected chi connectivity index (χ1v) is 5.99. The average molecular weight is 243 g/mol. The first-order chi connectivity index (χ1) is 8.15. The molecule has 2 amide bonds. The molecule has 1 unspecified atom stereocenters. The van der Waals surface area contributed by atoms with Crippen LogP contribution in [0.4, 0.5) is 4.79 Å². The molecule has 0 spiro atoms.